The quantitative estimate of drug-likeness (QED) is 0.421. The highest BCUT2D eigenvalue weighted by Crippen LogP contribution is 2.32. The molecule has 1 aromatic rings. The van der Waals surface area contributed by atoms with Gasteiger partial charge in [-0.15, -0.1) is 0 Å². The van der Waals surface area contributed by atoms with Gasteiger partial charge in [0.1, 0.15) is 13.2 Å². The van der Waals surface area contributed by atoms with Crippen molar-refractivity contribution in [1.29, 1.82) is 0 Å². The second-order valence-electron chi connectivity index (χ2n) is 3.81. The first kappa shape index (κ1) is 12.9. The standard InChI is InChI=1S/C11H15N3O3S/c12-14-11(18)13-6-8(15)7-1-2-9-10(5-7)17-4-3-16-9/h1-2,5,8,15H,3-4,6,12H2,(H2,13,14,18)/p+1. The fraction of sp³-hybridized carbons (Fsp3) is 0.364. The molecule has 6 N–H and O–H groups in total. The fourth-order valence-corrected chi connectivity index (χ4v) is 1.72. The number of nitrogens with one attached hydrogen (secondary N) is 2. The van der Waals surface area contributed by atoms with Crippen LogP contribution in [0.5, 0.6) is 11.5 Å². The van der Waals surface area contributed by atoms with Gasteiger partial charge in [-0.1, -0.05) is 6.07 Å². The number of fused-ring (bicyclic) bond motifs is 1. The van der Waals surface area contributed by atoms with Gasteiger partial charge in [-0.2, -0.15) is 0 Å². The number of hydrogen-bond acceptors (Lipinski definition) is 4. The van der Waals surface area contributed by atoms with Gasteiger partial charge in [-0.25, -0.2) is 5.43 Å². The Kier molecular flexibility index (Phi) is 4.19. The largest absolute Gasteiger partial charge is 0.486 e. The summed E-state index contributed by atoms with van der Waals surface area (Å²) in [5.74, 6) is 4.79. The van der Waals surface area contributed by atoms with E-state index in [1.165, 1.54) is 0 Å². The van der Waals surface area contributed by atoms with Crippen LogP contribution in [0.25, 0.3) is 0 Å². The van der Waals surface area contributed by atoms with E-state index in [1.54, 1.807) is 18.2 Å². The van der Waals surface area contributed by atoms with Gasteiger partial charge in [-0.3, -0.25) is 5.84 Å². The summed E-state index contributed by atoms with van der Waals surface area (Å²) in [5.41, 5.74) is 3.28. The number of hydrogen-bond donors (Lipinski definition) is 4. The van der Waals surface area contributed by atoms with E-state index in [4.69, 9.17) is 21.7 Å². The molecule has 1 unspecified atom stereocenters. The first-order chi connectivity index (χ1) is 8.70. The zero-order chi connectivity index (χ0) is 13.0. The van der Waals surface area contributed by atoms with E-state index < -0.39 is 6.10 Å². The minimum Gasteiger partial charge on any atom is -0.486 e. The maximum atomic E-state index is 10.00. The van der Waals surface area contributed by atoms with E-state index in [9.17, 15) is 5.11 Å². The summed E-state index contributed by atoms with van der Waals surface area (Å²) in [6.07, 6.45) is -0.674. The summed E-state index contributed by atoms with van der Waals surface area (Å²) in [6.45, 7) is 1.39. The Hall–Kier alpha value is -1.57. The molecule has 0 radical (unpaired) electrons. The molecular formula is C11H16N3O3S+. The normalized spacial score (nSPS) is 14.8. The number of aliphatic hydroxyl groups excluding tert-OH is 1. The predicted octanol–water partition coefficient (Wildman–Crippen LogP) is -0.888. The van der Waals surface area contributed by atoms with Gasteiger partial charge in [-0.05, 0) is 29.9 Å². The van der Waals surface area contributed by atoms with Crippen LogP contribution in [0.4, 0.5) is 0 Å². The molecule has 1 aliphatic heterocycles. The average molecular weight is 270 g/mol. The van der Waals surface area contributed by atoms with Crippen molar-refractivity contribution in [3.63, 3.8) is 0 Å². The van der Waals surface area contributed by atoms with Crippen molar-refractivity contribution >= 4 is 17.3 Å². The first-order valence-corrected chi connectivity index (χ1v) is 6.00. The van der Waals surface area contributed by atoms with Gasteiger partial charge < -0.3 is 19.9 Å². The number of benzene rings is 1. The maximum Gasteiger partial charge on any atom is 0.213 e. The van der Waals surface area contributed by atoms with Crippen molar-refractivity contribution in [2.75, 3.05) is 19.8 Å². The van der Waals surface area contributed by atoms with Gasteiger partial charge >= 0.3 is 0 Å². The van der Waals surface area contributed by atoms with E-state index in [1.807, 2.05) is 0 Å². The van der Waals surface area contributed by atoms with Crippen LogP contribution in [0.1, 0.15) is 11.7 Å². The molecule has 6 nitrogen and oxygen atoms in total. The molecule has 1 atom stereocenters. The third kappa shape index (κ3) is 3.00. The number of thiocarbonyl (C=S) groups is 1. The number of quaternary nitrogens is 1. The Bertz CT molecular complexity index is 442. The Morgan fingerprint density at radius 3 is 2.83 bits per heavy atom. The maximum absolute atomic E-state index is 10.00. The Labute approximate surface area is 110 Å². The molecule has 1 aromatic carbocycles. The smallest absolute Gasteiger partial charge is 0.213 e. The van der Waals surface area contributed by atoms with E-state index in [-0.39, 0.29) is 0 Å². The van der Waals surface area contributed by atoms with Crippen molar-refractivity contribution in [3.05, 3.63) is 23.8 Å². The highest BCUT2D eigenvalue weighted by Gasteiger charge is 2.15. The average Bonchev–Trinajstić information content (AvgIpc) is 2.43. The van der Waals surface area contributed by atoms with Crippen molar-refractivity contribution < 1.29 is 20.4 Å². The number of ether oxygens (including phenoxy) is 2. The molecule has 98 valence electrons. The monoisotopic (exact) mass is 270 g/mol. The first-order valence-electron chi connectivity index (χ1n) is 5.59. The molecule has 0 fully saturated rings. The van der Waals surface area contributed by atoms with Gasteiger partial charge in [0.2, 0.25) is 5.11 Å². The van der Waals surface area contributed by atoms with E-state index in [0.29, 0.717) is 36.4 Å². The summed E-state index contributed by atoms with van der Waals surface area (Å²) >= 11 is 4.88. The zero-order valence-corrected chi connectivity index (χ0v) is 10.6. The van der Waals surface area contributed by atoms with Crippen LogP contribution in [0.3, 0.4) is 0 Å². The lowest BCUT2D eigenvalue weighted by atomic mass is 10.1. The number of aliphatic hydroxyl groups is 1. The van der Waals surface area contributed by atoms with Crippen molar-refractivity contribution in [2.45, 2.75) is 6.10 Å². The van der Waals surface area contributed by atoms with Crippen LogP contribution >= 0.6 is 12.2 Å². The molecular weight excluding hydrogens is 254 g/mol. The molecule has 0 aromatic heterocycles. The van der Waals surface area contributed by atoms with Crippen LogP contribution in [0.15, 0.2) is 18.2 Å². The molecule has 7 heteroatoms. The summed E-state index contributed by atoms with van der Waals surface area (Å²) in [5, 5.41) is 13.2. The van der Waals surface area contributed by atoms with Gasteiger partial charge in [0.15, 0.2) is 11.5 Å². The van der Waals surface area contributed by atoms with Crippen LogP contribution in [-0.2, 0) is 0 Å². The lowest BCUT2D eigenvalue weighted by Crippen LogP contribution is -2.69. The van der Waals surface area contributed by atoms with Crippen molar-refractivity contribution in [2.24, 2.45) is 0 Å². The minimum absolute atomic E-state index is 0.307. The van der Waals surface area contributed by atoms with Gasteiger partial charge in [0.25, 0.3) is 0 Å². The van der Waals surface area contributed by atoms with Crippen LogP contribution in [0.2, 0.25) is 0 Å². The van der Waals surface area contributed by atoms with Gasteiger partial charge in [0, 0.05) is 6.54 Å². The molecule has 1 aliphatic rings. The molecule has 2 rings (SSSR count). The summed E-state index contributed by atoms with van der Waals surface area (Å²) in [7, 11) is 0. The Balaban J connectivity index is 2.01. The van der Waals surface area contributed by atoms with Gasteiger partial charge in [0.05, 0.1) is 6.10 Å². The molecule has 0 spiro atoms. The van der Waals surface area contributed by atoms with E-state index >= 15 is 0 Å². The second kappa shape index (κ2) is 5.85. The lowest BCUT2D eigenvalue weighted by Gasteiger charge is -2.20. The van der Waals surface area contributed by atoms with Crippen LogP contribution in [0, 0.1) is 0 Å². The molecule has 0 saturated carbocycles. The second-order valence-corrected chi connectivity index (χ2v) is 4.21. The Morgan fingerprint density at radius 1 is 1.39 bits per heavy atom. The third-order valence-corrected chi connectivity index (χ3v) is 2.86. The molecule has 0 amide bonds. The van der Waals surface area contributed by atoms with Crippen molar-refractivity contribution in [1.82, 2.24) is 10.7 Å². The third-order valence-electron chi connectivity index (χ3n) is 2.57. The van der Waals surface area contributed by atoms with Crippen LogP contribution in [-0.4, -0.2) is 30.0 Å². The van der Waals surface area contributed by atoms with Crippen LogP contribution < -0.4 is 26.1 Å². The summed E-state index contributed by atoms with van der Waals surface area (Å²) in [6, 6.07) is 5.38. The fourth-order valence-electron chi connectivity index (χ4n) is 1.64. The topological polar surface area (TPSA) is 90.4 Å². The van der Waals surface area contributed by atoms with E-state index in [0.717, 1.165) is 5.56 Å². The molecule has 0 aliphatic carbocycles. The predicted molar refractivity (Wildman–Crippen MR) is 69.0 cm³/mol. The summed E-state index contributed by atoms with van der Waals surface area (Å²) < 4.78 is 10.9. The zero-order valence-electron chi connectivity index (χ0n) is 9.81. The SMILES string of the molecule is [NH3+]NC(=S)NCC(O)c1ccc2c(c1)OCCO2. The van der Waals surface area contributed by atoms with Crippen molar-refractivity contribution in [3.8, 4) is 11.5 Å². The number of rotatable bonds is 3. The molecule has 18 heavy (non-hydrogen) atoms. The minimum atomic E-state index is -0.674. The highest BCUT2D eigenvalue weighted by atomic mass is 32.1. The molecule has 1 heterocycles. The lowest BCUT2D eigenvalue weighted by molar-refractivity contribution is -0.419. The highest BCUT2D eigenvalue weighted by molar-refractivity contribution is 7.80. The summed E-state index contributed by atoms with van der Waals surface area (Å²) in [4.78, 5) is 0. The van der Waals surface area contributed by atoms with E-state index in [2.05, 4.69) is 16.6 Å². The Morgan fingerprint density at radius 2 is 2.11 bits per heavy atom. The molecule has 0 bridgehead atoms. The molecule has 0 saturated heterocycles.